The SMILES string of the molecule is O=C(O)c1cccc(C(=O)Nc2cncc(F)c2)n1. The molecule has 2 rings (SSSR count). The number of carbonyl (C=O) groups excluding carboxylic acids is 1. The first-order valence-electron chi connectivity index (χ1n) is 5.18. The van der Waals surface area contributed by atoms with Crippen LogP contribution in [0, 0.1) is 5.82 Å². The minimum absolute atomic E-state index is 0.0795. The van der Waals surface area contributed by atoms with Gasteiger partial charge in [-0.25, -0.2) is 14.2 Å². The molecule has 19 heavy (non-hydrogen) atoms. The standard InChI is InChI=1S/C12H8FN3O3/c13-7-4-8(6-14-5-7)15-11(17)9-2-1-3-10(16-9)12(18)19/h1-6H,(H,15,17)(H,18,19). The highest BCUT2D eigenvalue weighted by Crippen LogP contribution is 2.09. The van der Waals surface area contributed by atoms with Crippen molar-refractivity contribution in [1.29, 1.82) is 0 Å². The van der Waals surface area contributed by atoms with Crippen LogP contribution in [0.3, 0.4) is 0 Å². The Bertz CT molecular complexity index is 646. The molecule has 0 saturated carbocycles. The second-order valence-electron chi connectivity index (χ2n) is 3.56. The molecule has 0 atom stereocenters. The van der Waals surface area contributed by atoms with Gasteiger partial charge in [-0.15, -0.1) is 0 Å². The Labute approximate surface area is 106 Å². The molecule has 0 spiro atoms. The summed E-state index contributed by atoms with van der Waals surface area (Å²) in [5.74, 6) is -2.47. The summed E-state index contributed by atoms with van der Waals surface area (Å²) in [7, 11) is 0. The molecule has 96 valence electrons. The normalized spacial score (nSPS) is 9.95. The number of aromatic nitrogens is 2. The van der Waals surface area contributed by atoms with E-state index < -0.39 is 17.7 Å². The molecule has 2 heterocycles. The third-order valence-corrected chi connectivity index (χ3v) is 2.16. The summed E-state index contributed by atoms with van der Waals surface area (Å²) in [6.45, 7) is 0. The van der Waals surface area contributed by atoms with Gasteiger partial charge in [0.15, 0.2) is 0 Å². The van der Waals surface area contributed by atoms with E-state index in [1.165, 1.54) is 24.4 Å². The van der Waals surface area contributed by atoms with Crippen LogP contribution in [0.1, 0.15) is 21.0 Å². The lowest BCUT2D eigenvalue weighted by molar-refractivity contribution is 0.0690. The highest BCUT2D eigenvalue weighted by atomic mass is 19.1. The molecule has 2 aromatic heterocycles. The van der Waals surface area contributed by atoms with Crippen molar-refractivity contribution in [1.82, 2.24) is 9.97 Å². The van der Waals surface area contributed by atoms with Crippen LogP contribution >= 0.6 is 0 Å². The molecule has 0 fully saturated rings. The number of halogens is 1. The number of nitrogens with zero attached hydrogens (tertiary/aromatic N) is 2. The van der Waals surface area contributed by atoms with Crippen molar-refractivity contribution in [2.24, 2.45) is 0 Å². The Balaban J connectivity index is 2.20. The first-order chi connectivity index (χ1) is 9.06. The number of pyridine rings is 2. The van der Waals surface area contributed by atoms with E-state index in [2.05, 4.69) is 15.3 Å². The zero-order chi connectivity index (χ0) is 13.8. The van der Waals surface area contributed by atoms with E-state index in [-0.39, 0.29) is 17.1 Å². The summed E-state index contributed by atoms with van der Waals surface area (Å²) in [5, 5.41) is 11.1. The molecule has 0 aliphatic rings. The van der Waals surface area contributed by atoms with Crippen molar-refractivity contribution in [3.8, 4) is 0 Å². The van der Waals surface area contributed by atoms with Gasteiger partial charge in [-0.2, -0.15) is 0 Å². The third-order valence-electron chi connectivity index (χ3n) is 2.16. The lowest BCUT2D eigenvalue weighted by Gasteiger charge is -2.04. The zero-order valence-electron chi connectivity index (χ0n) is 9.50. The summed E-state index contributed by atoms with van der Waals surface area (Å²) in [5.41, 5.74) is -0.165. The second kappa shape index (κ2) is 5.21. The smallest absolute Gasteiger partial charge is 0.354 e. The number of amides is 1. The Kier molecular flexibility index (Phi) is 3.46. The average molecular weight is 261 g/mol. The number of aromatic carboxylic acids is 1. The highest BCUT2D eigenvalue weighted by molar-refractivity contribution is 6.03. The van der Waals surface area contributed by atoms with E-state index in [1.54, 1.807) is 0 Å². The zero-order valence-corrected chi connectivity index (χ0v) is 9.50. The van der Waals surface area contributed by atoms with E-state index in [0.717, 1.165) is 12.3 Å². The molecule has 2 N–H and O–H groups in total. The minimum Gasteiger partial charge on any atom is -0.477 e. The fourth-order valence-corrected chi connectivity index (χ4v) is 1.36. The van der Waals surface area contributed by atoms with Gasteiger partial charge in [0.1, 0.15) is 17.2 Å². The lowest BCUT2D eigenvalue weighted by atomic mass is 10.3. The van der Waals surface area contributed by atoms with Crippen molar-refractivity contribution >= 4 is 17.6 Å². The molecule has 2 aromatic rings. The van der Waals surface area contributed by atoms with Crippen LogP contribution in [-0.4, -0.2) is 27.0 Å². The van der Waals surface area contributed by atoms with Crippen molar-refractivity contribution in [2.45, 2.75) is 0 Å². The van der Waals surface area contributed by atoms with E-state index in [9.17, 15) is 14.0 Å². The van der Waals surface area contributed by atoms with Crippen LogP contribution in [0.15, 0.2) is 36.7 Å². The van der Waals surface area contributed by atoms with Crippen molar-refractivity contribution in [3.05, 3.63) is 53.9 Å². The number of anilines is 1. The fraction of sp³-hybridized carbons (Fsp3) is 0. The van der Waals surface area contributed by atoms with Gasteiger partial charge in [0.2, 0.25) is 0 Å². The van der Waals surface area contributed by atoms with Crippen molar-refractivity contribution in [3.63, 3.8) is 0 Å². The number of nitrogens with one attached hydrogen (secondary N) is 1. The van der Waals surface area contributed by atoms with Crippen LogP contribution in [0.25, 0.3) is 0 Å². The van der Waals surface area contributed by atoms with E-state index in [0.29, 0.717) is 0 Å². The summed E-state index contributed by atoms with van der Waals surface area (Å²) < 4.78 is 12.9. The number of carboxylic acid groups (broad SMARTS) is 1. The number of hydrogen-bond acceptors (Lipinski definition) is 4. The van der Waals surface area contributed by atoms with Gasteiger partial charge in [0.05, 0.1) is 18.1 Å². The quantitative estimate of drug-likeness (QED) is 0.874. The first kappa shape index (κ1) is 12.6. The minimum atomic E-state index is -1.23. The van der Waals surface area contributed by atoms with E-state index in [1.807, 2.05) is 0 Å². The van der Waals surface area contributed by atoms with Gasteiger partial charge in [0.25, 0.3) is 5.91 Å². The Morgan fingerprint density at radius 2 is 1.95 bits per heavy atom. The summed E-state index contributed by atoms with van der Waals surface area (Å²) in [6.07, 6.45) is 2.26. The van der Waals surface area contributed by atoms with Gasteiger partial charge in [-0.3, -0.25) is 9.78 Å². The van der Waals surface area contributed by atoms with Crippen molar-refractivity contribution in [2.75, 3.05) is 5.32 Å². The third kappa shape index (κ3) is 3.09. The maximum Gasteiger partial charge on any atom is 0.354 e. The largest absolute Gasteiger partial charge is 0.477 e. The Morgan fingerprint density at radius 1 is 1.21 bits per heavy atom. The van der Waals surface area contributed by atoms with Gasteiger partial charge in [-0.1, -0.05) is 6.07 Å². The van der Waals surface area contributed by atoms with Crippen LogP contribution in [0.2, 0.25) is 0 Å². The molecule has 0 radical (unpaired) electrons. The maximum absolute atomic E-state index is 12.9. The monoisotopic (exact) mass is 261 g/mol. The molecular weight excluding hydrogens is 253 g/mol. The van der Waals surface area contributed by atoms with Crippen LogP contribution in [0.4, 0.5) is 10.1 Å². The van der Waals surface area contributed by atoms with E-state index >= 15 is 0 Å². The Hall–Kier alpha value is -2.83. The van der Waals surface area contributed by atoms with E-state index in [4.69, 9.17) is 5.11 Å². The van der Waals surface area contributed by atoms with Gasteiger partial charge >= 0.3 is 5.97 Å². The second-order valence-corrected chi connectivity index (χ2v) is 3.56. The number of hydrogen-bond donors (Lipinski definition) is 2. The van der Waals surface area contributed by atoms with Crippen LogP contribution in [-0.2, 0) is 0 Å². The van der Waals surface area contributed by atoms with Gasteiger partial charge in [0, 0.05) is 6.07 Å². The molecule has 0 bridgehead atoms. The number of carboxylic acids is 1. The predicted octanol–water partition coefficient (Wildman–Crippen LogP) is 1.57. The van der Waals surface area contributed by atoms with Crippen LogP contribution < -0.4 is 5.32 Å². The molecule has 0 unspecified atom stereocenters. The molecular formula is C12H8FN3O3. The summed E-state index contributed by atoms with van der Waals surface area (Å²) >= 11 is 0. The predicted molar refractivity (Wildman–Crippen MR) is 63.3 cm³/mol. The molecule has 1 amide bonds. The molecule has 6 nitrogen and oxygen atoms in total. The van der Waals surface area contributed by atoms with Crippen molar-refractivity contribution < 1.29 is 19.1 Å². The topological polar surface area (TPSA) is 92.2 Å². The first-order valence-corrected chi connectivity index (χ1v) is 5.18. The maximum atomic E-state index is 12.9. The summed E-state index contributed by atoms with van der Waals surface area (Å²) in [4.78, 5) is 29.7. The molecule has 0 aromatic carbocycles. The van der Waals surface area contributed by atoms with Gasteiger partial charge < -0.3 is 10.4 Å². The average Bonchev–Trinajstić information content (AvgIpc) is 2.39. The molecule has 0 saturated heterocycles. The number of carbonyl (C=O) groups is 2. The highest BCUT2D eigenvalue weighted by Gasteiger charge is 2.11. The van der Waals surface area contributed by atoms with Crippen LogP contribution in [0.5, 0.6) is 0 Å². The Morgan fingerprint density at radius 3 is 2.63 bits per heavy atom. The fourth-order valence-electron chi connectivity index (χ4n) is 1.36. The molecule has 0 aliphatic carbocycles. The summed E-state index contributed by atoms with van der Waals surface area (Å²) in [6, 6.07) is 5.11. The lowest BCUT2D eigenvalue weighted by Crippen LogP contribution is -2.15. The molecule has 0 aliphatic heterocycles. The molecule has 7 heteroatoms. The number of rotatable bonds is 3. The van der Waals surface area contributed by atoms with Gasteiger partial charge in [-0.05, 0) is 12.1 Å².